The highest BCUT2D eigenvalue weighted by Gasteiger charge is 2.48. The van der Waals surface area contributed by atoms with Crippen molar-refractivity contribution in [3.05, 3.63) is 23.9 Å². The third-order valence-electron chi connectivity index (χ3n) is 4.46. The molecule has 2 rings (SSSR count). The molecule has 0 aliphatic carbocycles. The van der Waals surface area contributed by atoms with Crippen molar-refractivity contribution in [1.29, 1.82) is 0 Å². The lowest BCUT2D eigenvalue weighted by Gasteiger charge is -2.33. The number of nitrogens with one attached hydrogen (secondary N) is 1. The Balaban J connectivity index is 2.12. The highest BCUT2D eigenvalue weighted by Crippen LogP contribution is 2.44. The lowest BCUT2D eigenvalue weighted by molar-refractivity contribution is -0.0774. The van der Waals surface area contributed by atoms with Crippen molar-refractivity contribution in [3.8, 4) is 5.88 Å². The highest BCUT2D eigenvalue weighted by atomic mass is 16.5. The van der Waals surface area contributed by atoms with Gasteiger partial charge in [0.15, 0.2) is 0 Å². The average molecular weight is 292 g/mol. The largest absolute Gasteiger partial charge is 0.481 e. The summed E-state index contributed by atoms with van der Waals surface area (Å²) in [6, 6.07) is 4.38. The van der Waals surface area contributed by atoms with Gasteiger partial charge in [-0.15, -0.1) is 0 Å². The van der Waals surface area contributed by atoms with Crippen LogP contribution in [0.5, 0.6) is 5.88 Å². The summed E-state index contributed by atoms with van der Waals surface area (Å²) < 4.78 is 11.3. The third-order valence-corrected chi connectivity index (χ3v) is 4.46. The first-order chi connectivity index (χ1) is 9.77. The van der Waals surface area contributed by atoms with Crippen LogP contribution in [-0.4, -0.2) is 36.4 Å². The Hall–Kier alpha value is -1.13. The van der Waals surface area contributed by atoms with Gasteiger partial charge in [0.25, 0.3) is 0 Å². The van der Waals surface area contributed by atoms with Crippen LogP contribution in [0.25, 0.3) is 0 Å². The molecule has 1 aliphatic heterocycles. The second-order valence-electron chi connectivity index (χ2n) is 7.08. The van der Waals surface area contributed by atoms with E-state index in [0.717, 1.165) is 12.8 Å². The van der Waals surface area contributed by atoms with Gasteiger partial charge in [0.1, 0.15) is 0 Å². The van der Waals surface area contributed by atoms with E-state index >= 15 is 0 Å². The van der Waals surface area contributed by atoms with Crippen molar-refractivity contribution < 1.29 is 9.47 Å². The number of likely N-dealkylation sites (N-methyl/N-ethyl adjacent to an activating group) is 1. The minimum absolute atomic E-state index is 0.0541. The summed E-state index contributed by atoms with van der Waals surface area (Å²) in [4.78, 5) is 4.29. The number of rotatable bonds is 5. The lowest BCUT2D eigenvalue weighted by atomic mass is 9.79. The molecule has 4 heteroatoms. The molecule has 0 bridgehead atoms. The van der Waals surface area contributed by atoms with Crippen molar-refractivity contribution >= 4 is 0 Å². The number of hydrogen-bond acceptors (Lipinski definition) is 4. The molecular formula is C17H28N2O2. The first-order valence-electron chi connectivity index (χ1n) is 7.64. The van der Waals surface area contributed by atoms with Crippen LogP contribution in [0.2, 0.25) is 0 Å². The molecule has 0 saturated carbocycles. The zero-order valence-electron chi connectivity index (χ0n) is 14.1. The molecule has 1 saturated heterocycles. The Morgan fingerprint density at radius 3 is 2.52 bits per heavy atom. The Kier molecular flexibility index (Phi) is 4.59. The number of aromatic nitrogens is 1. The molecule has 1 aromatic heterocycles. The van der Waals surface area contributed by atoms with E-state index in [2.05, 4.69) is 44.1 Å². The maximum atomic E-state index is 6.23. The van der Waals surface area contributed by atoms with E-state index in [1.54, 1.807) is 7.11 Å². The first kappa shape index (κ1) is 16.2. The van der Waals surface area contributed by atoms with E-state index in [1.165, 1.54) is 5.56 Å². The molecule has 2 atom stereocenters. The molecule has 4 nitrogen and oxygen atoms in total. The van der Waals surface area contributed by atoms with Gasteiger partial charge in [-0.1, -0.05) is 6.07 Å². The molecular weight excluding hydrogens is 264 g/mol. The van der Waals surface area contributed by atoms with Crippen LogP contribution in [0.3, 0.4) is 0 Å². The molecule has 0 radical (unpaired) electrons. The maximum absolute atomic E-state index is 6.23. The molecule has 1 fully saturated rings. The minimum Gasteiger partial charge on any atom is -0.481 e. The van der Waals surface area contributed by atoms with E-state index in [9.17, 15) is 0 Å². The normalized spacial score (nSPS) is 24.8. The van der Waals surface area contributed by atoms with Gasteiger partial charge in [0.05, 0.1) is 18.3 Å². The van der Waals surface area contributed by atoms with Gasteiger partial charge in [-0.05, 0) is 53.1 Å². The van der Waals surface area contributed by atoms with Crippen molar-refractivity contribution in [1.82, 2.24) is 10.3 Å². The smallest absolute Gasteiger partial charge is 0.212 e. The number of hydrogen-bond donors (Lipinski definition) is 1. The number of methoxy groups -OCH3 is 1. The van der Waals surface area contributed by atoms with Gasteiger partial charge in [-0.3, -0.25) is 0 Å². The summed E-state index contributed by atoms with van der Waals surface area (Å²) in [5, 5.41) is 3.48. The van der Waals surface area contributed by atoms with Crippen LogP contribution in [0.4, 0.5) is 0 Å². The van der Waals surface area contributed by atoms with Gasteiger partial charge in [0, 0.05) is 24.2 Å². The van der Waals surface area contributed by atoms with Gasteiger partial charge < -0.3 is 14.8 Å². The van der Waals surface area contributed by atoms with Crippen molar-refractivity contribution in [2.75, 3.05) is 14.2 Å². The second-order valence-corrected chi connectivity index (χ2v) is 7.08. The molecule has 0 spiro atoms. The topological polar surface area (TPSA) is 43.4 Å². The van der Waals surface area contributed by atoms with Crippen LogP contribution in [0.15, 0.2) is 18.3 Å². The van der Waals surface area contributed by atoms with Crippen LogP contribution in [-0.2, 0) is 11.2 Å². The SMILES string of the molecule is CNC(Cc1ccc(OC)nc1)C1CC(C)(C)OC1(C)C. The summed E-state index contributed by atoms with van der Waals surface area (Å²) >= 11 is 0. The fourth-order valence-electron chi connectivity index (χ4n) is 3.58. The predicted octanol–water partition coefficient (Wildman–Crippen LogP) is 2.81. The Labute approximate surface area is 128 Å². The molecule has 1 aliphatic rings. The van der Waals surface area contributed by atoms with E-state index in [1.807, 2.05) is 19.3 Å². The summed E-state index contributed by atoms with van der Waals surface area (Å²) in [7, 11) is 3.67. The van der Waals surface area contributed by atoms with Gasteiger partial charge in [-0.25, -0.2) is 4.98 Å². The van der Waals surface area contributed by atoms with Crippen LogP contribution in [0, 0.1) is 5.92 Å². The predicted molar refractivity (Wildman–Crippen MR) is 84.7 cm³/mol. The summed E-state index contributed by atoms with van der Waals surface area (Å²) in [6.07, 6.45) is 3.91. The fourth-order valence-corrected chi connectivity index (χ4v) is 3.58. The van der Waals surface area contributed by atoms with E-state index in [0.29, 0.717) is 17.8 Å². The Bertz CT molecular complexity index is 468. The molecule has 0 amide bonds. The van der Waals surface area contributed by atoms with Gasteiger partial charge in [0.2, 0.25) is 5.88 Å². The van der Waals surface area contributed by atoms with Crippen molar-refractivity contribution in [2.45, 2.75) is 57.8 Å². The molecule has 2 heterocycles. The molecule has 21 heavy (non-hydrogen) atoms. The third kappa shape index (κ3) is 3.74. The van der Waals surface area contributed by atoms with Crippen molar-refractivity contribution in [2.24, 2.45) is 5.92 Å². The fraction of sp³-hybridized carbons (Fsp3) is 0.706. The highest BCUT2D eigenvalue weighted by molar-refractivity contribution is 5.19. The second kappa shape index (κ2) is 5.93. The van der Waals surface area contributed by atoms with Gasteiger partial charge in [-0.2, -0.15) is 0 Å². The lowest BCUT2D eigenvalue weighted by Crippen LogP contribution is -2.44. The molecule has 0 aromatic carbocycles. The van der Waals surface area contributed by atoms with E-state index in [4.69, 9.17) is 9.47 Å². The molecule has 1 N–H and O–H groups in total. The quantitative estimate of drug-likeness (QED) is 0.906. The minimum atomic E-state index is -0.114. The van der Waals surface area contributed by atoms with E-state index in [-0.39, 0.29) is 11.2 Å². The monoisotopic (exact) mass is 292 g/mol. The summed E-state index contributed by atoms with van der Waals surface area (Å²) in [6.45, 7) is 8.75. The molecule has 1 aromatic rings. The standard InChI is InChI=1S/C17H28N2O2/c1-16(2)10-13(17(3,4)21-16)14(18-5)9-12-7-8-15(20-6)19-11-12/h7-8,11,13-14,18H,9-10H2,1-6H3. The Morgan fingerprint density at radius 2 is 2.10 bits per heavy atom. The average Bonchev–Trinajstić information content (AvgIpc) is 2.64. The summed E-state index contributed by atoms with van der Waals surface area (Å²) in [5.74, 6) is 1.13. The van der Waals surface area contributed by atoms with E-state index < -0.39 is 0 Å². The molecule has 2 unspecified atom stereocenters. The maximum Gasteiger partial charge on any atom is 0.212 e. The molecule has 118 valence electrons. The number of pyridine rings is 1. The number of ether oxygens (including phenoxy) is 2. The van der Waals surface area contributed by atoms with Crippen LogP contribution >= 0.6 is 0 Å². The first-order valence-corrected chi connectivity index (χ1v) is 7.64. The zero-order chi connectivity index (χ0) is 15.7. The van der Waals surface area contributed by atoms with Crippen molar-refractivity contribution in [3.63, 3.8) is 0 Å². The Morgan fingerprint density at radius 1 is 1.38 bits per heavy atom. The van der Waals surface area contributed by atoms with Crippen LogP contribution in [0.1, 0.15) is 39.7 Å². The van der Waals surface area contributed by atoms with Crippen LogP contribution < -0.4 is 10.1 Å². The van der Waals surface area contributed by atoms with Gasteiger partial charge >= 0.3 is 0 Å². The number of nitrogens with zero attached hydrogens (tertiary/aromatic N) is 1. The summed E-state index contributed by atoms with van der Waals surface area (Å²) in [5.41, 5.74) is 1.05. The zero-order valence-corrected chi connectivity index (χ0v) is 14.1.